The maximum atomic E-state index is 5.76. The summed E-state index contributed by atoms with van der Waals surface area (Å²) in [5.74, 6) is 3.59. The first kappa shape index (κ1) is 19.2. The molecule has 0 spiro atoms. The van der Waals surface area contributed by atoms with E-state index < -0.39 is 0 Å². The lowest BCUT2D eigenvalue weighted by molar-refractivity contribution is -0.673. The summed E-state index contributed by atoms with van der Waals surface area (Å²) >= 11 is 0. The molecule has 2 aromatic heterocycles. The van der Waals surface area contributed by atoms with Crippen molar-refractivity contribution < 1.29 is 19.2 Å². The van der Waals surface area contributed by atoms with Gasteiger partial charge in [0.05, 0.1) is 26.7 Å². The molecule has 0 fully saturated rings. The molecule has 150 valence electrons. The smallest absolute Gasteiger partial charge is 0.164 e. The predicted molar refractivity (Wildman–Crippen MR) is 114 cm³/mol. The van der Waals surface area contributed by atoms with Crippen LogP contribution in [0.2, 0.25) is 0 Å². The van der Waals surface area contributed by atoms with Gasteiger partial charge in [0.1, 0.15) is 12.3 Å². The molecule has 0 aliphatic heterocycles. The monoisotopic (exact) mass is 391 g/mol. The number of aromatic nitrogens is 1. The lowest BCUT2D eigenvalue weighted by Crippen LogP contribution is -2.83. The van der Waals surface area contributed by atoms with Crippen LogP contribution in [0.25, 0.3) is 10.9 Å². The molecule has 0 bridgehead atoms. The van der Waals surface area contributed by atoms with E-state index in [-0.39, 0.29) is 5.92 Å². The number of hydrogen-bond acceptors (Lipinski definition) is 3. The molecule has 2 aromatic carbocycles. The first-order valence-corrected chi connectivity index (χ1v) is 9.85. The Labute approximate surface area is 170 Å². The van der Waals surface area contributed by atoms with Gasteiger partial charge in [0, 0.05) is 22.7 Å². The summed E-state index contributed by atoms with van der Waals surface area (Å²) in [6.45, 7) is 3.61. The zero-order valence-corrected chi connectivity index (χ0v) is 17.1. The molecule has 3 N–H and O–H groups in total. The number of nitrogens with two attached hydrogens (primary N) is 1. The average molecular weight is 391 g/mol. The topological polar surface area (TPSA) is 64.0 Å². The van der Waals surface area contributed by atoms with Gasteiger partial charge in [-0.15, -0.1) is 0 Å². The number of benzene rings is 2. The minimum Gasteiger partial charge on any atom is -0.493 e. The Morgan fingerprint density at radius 3 is 2.59 bits per heavy atom. The van der Waals surface area contributed by atoms with Gasteiger partial charge >= 0.3 is 0 Å². The zero-order chi connectivity index (χ0) is 20.2. The quantitative estimate of drug-likeness (QED) is 0.477. The number of quaternary nitrogens is 1. The van der Waals surface area contributed by atoms with Crippen molar-refractivity contribution >= 4 is 10.9 Å². The fourth-order valence-electron chi connectivity index (χ4n) is 3.98. The van der Waals surface area contributed by atoms with Crippen molar-refractivity contribution in [2.45, 2.75) is 19.4 Å². The molecule has 0 aliphatic carbocycles. The first-order valence-electron chi connectivity index (χ1n) is 9.85. The number of aromatic amines is 1. The number of methoxy groups -OCH3 is 2. The number of ether oxygens (including phenoxy) is 2. The maximum absolute atomic E-state index is 5.76. The van der Waals surface area contributed by atoms with E-state index in [1.807, 2.05) is 31.2 Å². The Balaban J connectivity index is 1.71. The number of fused-ring (bicyclic) bond motifs is 1. The van der Waals surface area contributed by atoms with Gasteiger partial charge in [0.25, 0.3) is 0 Å². The molecular weight excluding hydrogens is 364 g/mol. The normalized spacial score (nSPS) is 12.2. The number of furan rings is 1. The molecule has 2 heterocycles. The molecular formula is C24H27N2O3+. The number of nitrogens with one attached hydrogen (secondary N) is 1. The summed E-state index contributed by atoms with van der Waals surface area (Å²) in [6.07, 6.45) is 2.11. The second-order valence-electron chi connectivity index (χ2n) is 7.17. The highest BCUT2D eigenvalue weighted by atomic mass is 16.5. The molecule has 4 aromatic rings. The van der Waals surface area contributed by atoms with Gasteiger partial charge in [0.2, 0.25) is 0 Å². The van der Waals surface area contributed by atoms with Crippen LogP contribution < -0.4 is 14.8 Å². The fourth-order valence-corrected chi connectivity index (χ4v) is 3.98. The minimum absolute atomic E-state index is 0.132. The van der Waals surface area contributed by atoms with Crippen LogP contribution in [-0.4, -0.2) is 25.7 Å². The third-order valence-corrected chi connectivity index (χ3v) is 5.35. The Morgan fingerprint density at radius 1 is 0.966 bits per heavy atom. The molecule has 0 amide bonds. The first-order chi connectivity index (χ1) is 14.2. The third kappa shape index (κ3) is 3.87. The molecule has 0 radical (unpaired) electrons. The van der Waals surface area contributed by atoms with Crippen LogP contribution in [0.15, 0.2) is 65.2 Å². The Bertz CT molecular complexity index is 1100. The molecule has 0 saturated heterocycles. The Hall–Kier alpha value is -3.18. The van der Waals surface area contributed by atoms with Gasteiger partial charge in [-0.1, -0.05) is 30.3 Å². The van der Waals surface area contributed by atoms with Crippen LogP contribution in [0.1, 0.15) is 28.6 Å². The molecule has 0 unspecified atom stereocenters. The van der Waals surface area contributed by atoms with Crippen LogP contribution in [0.4, 0.5) is 0 Å². The highest BCUT2D eigenvalue weighted by molar-refractivity contribution is 5.84. The van der Waals surface area contributed by atoms with Gasteiger partial charge in [-0.05, 0) is 36.8 Å². The molecule has 5 heteroatoms. The van der Waals surface area contributed by atoms with Crippen molar-refractivity contribution in [1.82, 2.24) is 4.98 Å². The van der Waals surface area contributed by atoms with E-state index in [2.05, 4.69) is 46.8 Å². The average Bonchev–Trinajstić information content (AvgIpc) is 3.36. The van der Waals surface area contributed by atoms with Gasteiger partial charge in [0.15, 0.2) is 17.3 Å². The van der Waals surface area contributed by atoms with Gasteiger partial charge in [-0.2, -0.15) is 0 Å². The highest BCUT2D eigenvalue weighted by Crippen LogP contribution is 2.39. The van der Waals surface area contributed by atoms with Gasteiger partial charge in [-0.25, -0.2) is 0 Å². The second kappa shape index (κ2) is 8.45. The van der Waals surface area contributed by atoms with Crippen molar-refractivity contribution in [2.75, 3.05) is 20.8 Å². The number of aryl methyl sites for hydroxylation is 1. The van der Waals surface area contributed by atoms with Gasteiger partial charge in [-0.3, -0.25) is 0 Å². The van der Waals surface area contributed by atoms with E-state index in [9.17, 15) is 0 Å². The molecule has 29 heavy (non-hydrogen) atoms. The number of hydrogen-bond donors (Lipinski definition) is 2. The standard InChI is InChI=1S/C24H26N2O3/c1-16-11-12-17(29-16)13-25-14-20(19-8-6-10-23(27-2)24(19)28-3)21-15-26-22-9-5-4-7-18(21)22/h4-12,15,20,25-26H,13-14H2,1-3H3/p+1/t20-/m1/s1. The summed E-state index contributed by atoms with van der Waals surface area (Å²) in [6, 6.07) is 18.5. The zero-order valence-electron chi connectivity index (χ0n) is 17.1. The van der Waals surface area contributed by atoms with Gasteiger partial charge < -0.3 is 24.2 Å². The summed E-state index contributed by atoms with van der Waals surface area (Å²) in [5.41, 5.74) is 3.50. The third-order valence-electron chi connectivity index (χ3n) is 5.35. The minimum atomic E-state index is 0.132. The Morgan fingerprint density at radius 2 is 1.83 bits per heavy atom. The molecule has 0 saturated carbocycles. The van der Waals surface area contributed by atoms with Crippen molar-refractivity contribution in [3.05, 3.63) is 83.4 Å². The second-order valence-corrected chi connectivity index (χ2v) is 7.17. The number of H-pyrrole nitrogens is 1. The molecule has 4 rings (SSSR count). The number of rotatable bonds is 8. The van der Waals surface area contributed by atoms with Crippen LogP contribution in [0.5, 0.6) is 11.5 Å². The van der Waals surface area contributed by atoms with E-state index in [4.69, 9.17) is 13.9 Å². The Kier molecular flexibility index (Phi) is 5.58. The van der Waals surface area contributed by atoms with Crippen LogP contribution in [-0.2, 0) is 6.54 Å². The van der Waals surface area contributed by atoms with E-state index >= 15 is 0 Å². The molecule has 1 atom stereocenters. The lowest BCUT2D eigenvalue weighted by Gasteiger charge is -2.20. The fraction of sp³-hybridized carbons (Fsp3) is 0.250. The summed E-state index contributed by atoms with van der Waals surface area (Å²) < 4.78 is 17.0. The van der Waals surface area contributed by atoms with E-state index in [1.165, 1.54) is 10.9 Å². The number of para-hydroxylation sites is 2. The summed E-state index contributed by atoms with van der Waals surface area (Å²) in [4.78, 5) is 3.41. The van der Waals surface area contributed by atoms with Crippen molar-refractivity contribution in [3.8, 4) is 11.5 Å². The van der Waals surface area contributed by atoms with Crippen LogP contribution in [0.3, 0.4) is 0 Å². The summed E-state index contributed by atoms with van der Waals surface area (Å²) in [7, 11) is 3.37. The van der Waals surface area contributed by atoms with Crippen LogP contribution in [0, 0.1) is 6.92 Å². The largest absolute Gasteiger partial charge is 0.493 e. The maximum Gasteiger partial charge on any atom is 0.164 e. The van der Waals surface area contributed by atoms with E-state index in [1.54, 1.807) is 14.2 Å². The van der Waals surface area contributed by atoms with Crippen molar-refractivity contribution in [1.29, 1.82) is 0 Å². The highest BCUT2D eigenvalue weighted by Gasteiger charge is 2.25. The predicted octanol–water partition coefficient (Wildman–Crippen LogP) is 3.98. The van der Waals surface area contributed by atoms with E-state index in [0.29, 0.717) is 0 Å². The van der Waals surface area contributed by atoms with E-state index in [0.717, 1.165) is 47.2 Å². The SMILES string of the molecule is COc1cccc([C@@H](C[NH2+]Cc2ccc(C)o2)c2c[nH]c3ccccc23)c1OC. The van der Waals surface area contributed by atoms with Crippen molar-refractivity contribution in [2.24, 2.45) is 0 Å². The van der Waals surface area contributed by atoms with Crippen molar-refractivity contribution in [3.63, 3.8) is 0 Å². The lowest BCUT2D eigenvalue weighted by atomic mass is 9.90. The summed E-state index contributed by atoms with van der Waals surface area (Å²) in [5, 5.41) is 3.51. The molecule has 0 aliphatic rings. The van der Waals surface area contributed by atoms with Crippen LogP contribution >= 0.6 is 0 Å². The molecule has 5 nitrogen and oxygen atoms in total.